The Morgan fingerprint density at radius 3 is 0.887 bits per heavy atom. The first-order chi connectivity index (χ1) is 30.7. The van der Waals surface area contributed by atoms with Gasteiger partial charge in [-0.15, -0.1) is 0 Å². The maximum absolute atomic E-state index is 3.09. The average Bonchev–Trinajstić information content (AvgIpc) is 3.67. The van der Waals surface area contributed by atoms with Crippen LogP contribution in [0.1, 0.15) is 5.69 Å². The quantitative estimate of drug-likeness (QED) is 0.0908. The minimum Gasteiger partial charge on any atom is -0.313 e. The van der Waals surface area contributed by atoms with Gasteiger partial charge in [-0.3, -0.25) is 0 Å². The Labute approximate surface area is 367 Å². The maximum Gasteiger partial charge on any atom is 0.182 e. The molecule has 62 heavy (non-hydrogen) atoms. The van der Waals surface area contributed by atoms with E-state index in [9.17, 15) is 0 Å². The Bertz CT molecular complexity index is 2820. The molecule has 0 aliphatic heterocycles. The highest BCUT2D eigenvalue weighted by Crippen LogP contribution is 2.36. The lowest BCUT2D eigenvalue weighted by Gasteiger charge is -2.36. The molecule has 0 amide bonds. The van der Waals surface area contributed by atoms with E-state index >= 15 is 0 Å². The second-order valence-corrected chi connectivity index (χ2v) is 23.5. The Balaban J connectivity index is 1.33. The lowest BCUT2D eigenvalue weighted by atomic mass is 10.0. The molecule has 1 heterocycles. The molecule has 3 heteroatoms. The molecule has 0 aliphatic carbocycles. The molecule has 1 aromatic heterocycles. The number of rotatable bonds is 11. The van der Waals surface area contributed by atoms with E-state index in [0.717, 1.165) is 5.69 Å². The third-order valence-corrected chi connectivity index (χ3v) is 22.3. The zero-order chi connectivity index (χ0) is 41.8. The summed E-state index contributed by atoms with van der Waals surface area (Å²) in [4.78, 5) is 0. The van der Waals surface area contributed by atoms with Crippen LogP contribution in [0.4, 0.5) is 0 Å². The van der Waals surface area contributed by atoms with Gasteiger partial charge in [-0.25, -0.2) is 0 Å². The van der Waals surface area contributed by atoms with Crippen molar-refractivity contribution in [2.45, 2.75) is 6.92 Å². The molecule has 0 saturated carbocycles. The predicted molar refractivity (Wildman–Crippen MR) is 269 cm³/mol. The van der Waals surface area contributed by atoms with Crippen LogP contribution < -0.4 is 41.5 Å². The Kier molecular flexibility index (Phi) is 10.6. The fraction of sp³-hybridized carbons (Fsp3) is 0.0169. The van der Waals surface area contributed by atoms with Crippen LogP contribution in [-0.2, 0) is 0 Å². The van der Waals surface area contributed by atoms with Gasteiger partial charge in [-0.1, -0.05) is 255 Å². The summed E-state index contributed by atoms with van der Waals surface area (Å²) in [6.45, 7) is 2.34. The van der Waals surface area contributed by atoms with Crippen molar-refractivity contribution < 1.29 is 0 Å². The zero-order valence-corrected chi connectivity index (χ0v) is 36.9. The normalized spacial score (nSPS) is 11.6. The molecule has 1 nitrogen and oxygen atoms in total. The van der Waals surface area contributed by atoms with Crippen molar-refractivity contribution >= 4 is 57.6 Å². The number of nitrogens with zero attached hydrogens (tertiary/aromatic N) is 1. The van der Waals surface area contributed by atoms with E-state index in [2.05, 4.69) is 278 Å². The lowest BCUT2D eigenvalue weighted by Crippen LogP contribution is -2.75. The monoisotopic (exact) mass is 825 g/mol. The first-order valence-electron chi connectivity index (χ1n) is 21.5. The van der Waals surface area contributed by atoms with E-state index in [4.69, 9.17) is 0 Å². The van der Waals surface area contributed by atoms with Crippen LogP contribution in [-0.4, -0.2) is 20.7 Å². The van der Waals surface area contributed by atoms with Crippen molar-refractivity contribution in [3.8, 4) is 28.1 Å². The molecule has 10 aromatic rings. The van der Waals surface area contributed by atoms with Crippen LogP contribution in [0.3, 0.4) is 0 Å². The second kappa shape index (κ2) is 17.0. The summed E-state index contributed by atoms with van der Waals surface area (Å²) in [5.74, 6) is 0. The van der Waals surface area contributed by atoms with Crippen LogP contribution in [0.25, 0.3) is 28.1 Å². The minimum absolute atomic E-state index is 1.14. The van der Waals surface area contributed by atoms with Gasteiger partial charge in [0.25, 0.3) is 0 Å². The molecule has 0 N–H and O–H groups in total. The summed E-state index contributed by atoms with van der Waals surface area (Å²) in [6, 6.07) is 99.5. The highest BCUT2D eigenvalue weighted by molar-refractivity contribution is 7.21. The molecule has 0 aliphatic rings. The van der Waals surface area contributed by atoms with Crippen molar-refractivity contribution in [3.05, 3.63) is 273 Å². The summed E-state index contributed by atoms with van der Waals surface area (Å²) >= 11 is 0. The van der Waals surface area contributed by atoms with E-state index < -0.39 is 16.1 Å². The number of hydrogen-bond donors (Lipinski definition) is 0. The molecule has 0 fully saturated rings. The number of aromatic nitrogens is 1. The van der Waals surface area contributed by atoms with Gasteiger partial charge in [-0.05, 0) is 71.7 Å². The number of hydrogen-bond acceptors (Lipinski definition) is 0. The van der Waals surface area contributed by atoms with Gasteiger partial charge in [0.2, 0.25) is 0 Å². The first kappa shape index (κ1) is 38.9. The van der Waals surface area contributed by atoms with E-state index in [1.807, 2.05) is 0 Å². The summed E-state index contributed by atoms with van der Waals surface area (Å²) in [6.07, 6.45) is 0. The molecule has 10 rings (SSSR count). The van der Waals surface area contributed by atoms with Crippen LogP contribution >= 0.6 is 0 Å². The molecule has 0 radical (unpaired) electrons. The molecular weight excluding hydrogens is 779 g/mol. The van der Waals surface area contributed by atoms with Crippen LogP contribution in [0, 0.1) is 6.92 Å². The zero-order valence-electron chi connectivity index (χ0n) is 34.9. The highest BCUT2D eigenvalue weighted by atomic mass is 28.3. The van der Waals surface area contributed by atoms with Gasteiger partial charge < -0.3 is 4.57 Å². The molecule has 0 saturated heterocycles. The lowest BCUT2D eigenvalue weighted by molar-refractivity contribution is 1.03. The summed E-state index contributed by atoms with van der Waals surface area (Å²) in [7, 11) is -5.82. The SMILES string of the molecule is Cc1c(-c2ccccc2)c([Si](c2ccccc2)(c2ccccc2)c2ccccc2)c(-c2ccccc2)n1-c1ccc([Si](c2ccccc2)(c2ccccc2)c2ccccc2)cc1. The maximum atomic E-state index is 2.57. The Morgan fingerprint density at radius 1 is 0.274 bits per heavy atom. The Morgan fingerprint density at radius 2 is 0.548 bits per heavy atom. The fourth-order valence-electron chi connectivity index (χ4n) is 10.1. The molecule has 0 atom stereocenters. The molecule has 0 unspecified atom stereocenters. The van der Waals surface area contributed by atoms with Crippen molar-refractivity contribution in [2.24, 2.45) is 0 Å². The van der Waals surface area contributed by atoms with Crippen LogP contribution in [0.5, 0.6) is 0 Å². The highest BCUT2D eigenvalue weighted by Gasteiger charge is 2.47. The third-order valence-electron chi connectivity index (χ3n) is 12.7. The largest absolute Gasteiger partial charge is 0.313 e. The van der Waals surface area contributed by atoms with Crippen LogP contribution in [0.2, 0.25) is 0 Å². The fourth-order valence-corrected chi connectivity index (χ4v) is 20.1. The van der Waals surface area contributed by atoms with Crippen molar-refractivity contribution in [3.63, 3.8) is 0 Å². The standard InChI is InChI=1S/C59H47NSi2/c1-46-57(47-26-10-2-11-27-47)59(62(53-36-20-7-21-37-53,54-38-22-8-23-39-54)55-40-24-9-25-41-55)58(48-28-12-3-13-29-48)60(46)49-42-44-56(45-43-49)61(50-30-14-4-15-31-50,51-32-16-5-17-33-51)52-34-18-6-19-35-52/h2-45H,1H3. The van der Waals surface area contributed by atoms with Gasteiger partial charge in [0.1, 0.15) is 0 Å². The topological polar surface area (TPSA) is 4.93 Å². The van der Waals surface area contributed by atoms with E-state index in [0.29, 0.717) is 0 Å². The first-order valence-corrected chi connectivity index (χ1v) is 25.5. The molecule has 0 spiro atoms. The number of benzene rings is 9. The third kappa shape index (κ3) is 6.54. The van der Waals surface area contributed by atoms with E-state index in [-0.39, 0.29) is 0 Å². The molecule has 0 bridgehead atoms. The predicted octanol–water partition coefficient (Wildman–Crippen LogP) is 8.87. The summed E-state index contributed by atoms with van der Waals surface area (Å²) < 4.78 is 2.57. The van der Waals surface area contributed by atoms with Crippen molar-refractivity contribution in [1.82, 2.24) is 4.57 Å². The average molecular weight is 826 g/mol. The van der Waals surface area contributed by atoms with Gasteiger partial charge in [-0.2, -0.15) is 0 Å². The second-order valence-electron chi connectivity index (χ2n) is 16.0. The van der Waals surface area contributed by atoms with Gasteiger partial charge in [0.15, 0.2) is 16.1 Å². The van der Waals surface area contributed by atoms with E-state index in [1.165, 1.54) is 69.6 Å². The van der Waals surface area contributed by atoms with Gasteiger partial charge >= 0.3 is 0 Å². The Hall–Kier alpha value is -7.31. The van der Waals surface area contributed by atoms with Gasteiger partial charge in [0, 0.05) is 16.9 Å². The summed E-state index contributed by atoms with van der Waals surface area (Å²) in [5, 5.41) is 10.9. The molecular formula is C59H47NSi2. The summed E-state index contributed by atoms with van der Waals surface area (Å²) in [5.41, 5.74) is 7.29. The minimum atomic E-state index is -3.09. The molecule has 296 valence electrons. The van der Waals surface area contributed by atoms with E-state index in [1.54, 1.807) is 0 Å². The van der Waals surface area contributed by atoms with Crippen molar-refractivity contribution in [2.75, 3.05) is 0 Å². The molecule has 9 aromatic carbocycles. The van der Waals surface area contributed by atoms with Crippen LogP contribution in [0.15, 0.2) is 267 Å². The smallest absolute Gasteiger partial charge is 0.182 e. The van der Waals surface area contributed by atoms with Crippen molar-refractivity contribution in [1.29, 1.82) is 0 Å². The van der Waals surface area contributed by atoms with Gasteiger partial charge in [0.05, 0.1) is 5.69 Å².